The van der Waals surface area contributed by atoms with Crippen LogP contribution in [0.4, 0.5) is 4.39 Å². The lowest BCUT2D eigenvalue weighted by Crippen LogP contribution is -2.04. The summed E-state index contributed by atoms with van der Waals surface area (Å²) in [6, 6.07) is 6.56. The number of hydrogen-bond donors (Lipinski definition) is 0. The Morgan fingerprint density at radius 2 is 1.67 bits per heavy atom. The largest absolute Gasteiger partial charge is 0.260 e. The van der Waals surface area contributed by atoms with Crippen LogP contribution in [0.1, 0.15) is 56.4 Å². The Bertz CT molecular complexity index is 639. The number of nitrogens with zero attached hydrogens (tertiary/aromatic N) is 1. The Hall–Kier alpha value is -1.96. The lowest BCUT2D eigenvalue weighted by atomic mass is 9.87. The van der Waals surface area contributed by atoms with Crippen LogP contribution in [0.25, 0.3) is 17.2 Å². The van der Waals surface area contributed by atoms with E-state index in [9.17, 15) is 4.39 Å². The van der Waals surface area contributed by atoms with Crippen LogP contribution in [0, 0.1) is 12.4 Å². The van der Waals surface area contributed by atoms with Gasteiger partial charge in [0.1, 0.15) is 5.82 Å². The first-order chi connectivity index (χ1) is 9.95. The maximum Gasteiger partial charge on any atom is 0.123 e. The van der Waals surface area contributed by atoms with Gasteiger partial charge in [0.25, 0.3) is 0 Å². The van der Waals surface area contributed by atoms with Gasteiger partial charge in [-0.15, -0.1) is 0 Å². The van der Waals surface area contributed by atoms with Crippen LogP contribution >= 0.6 is 0 Å². The highest BCUT2D eigenvalue weighted by atomic mass is 19.1. The number of pyridine rings is 1. The van der Waals surface area contributed by atoms with Gasteiger partial charge >= 0.3 is 0 Å². The molecule has 1 heterocycles. The number of hydrogen-bond acceptors (Lipinski definition) is 1. The monoisotopic (exact) mass is 282 g/mol. The highest BCUT2D eigenvalue weighted by molar-refractivity contribution is 5.79. The van der Waals surface area contributed by atoms with Gasteiger partial charge in [0.2, 0.25) is 0 Å². The number of rotatable bonds is 4. The van der Waals surface area contributed by atoms with E-state index in [0.717, 1.165) is 27.9 Å². The molecule has 0 bridgehead atoms. The minimum atomic E-state index is -0.235. The van der Waals surface area contributed by atoms with Crippen LogP contribution in [-0.4, -0.2) is 4.98 Å². The third-order valence-corrected chi connectivity index (χ3v) is 3.65. The van der Waals surface area contributed by atoms with Crippen molar-refractivity contribution in [2.24, 2.45) is 0 Å². The van der Waals surface area contributed by atoms with E-state index >= 15 is 0 Å². The minimum absolute atomic E-state index is 0.235. The Labute approximate surface area is 126 Å². The van der Waals surface area contributed by atoms with E-state index < -0.39 is 0 Å². The van der Waals surface area contributed by atoms with Gasteiger partial charge in [0.05, 0.1) is 5.69 Å². The predicted molar refractivity (Wildman–Crippen MR) is 86.6 cm³/mol. The summed E-state index contributed by atoms with van der Waals surface area (Å²) in [4.78, 5) is 4.59. The summed E-state index contributed by atoms with van der Waals surface area (Å²) in [7, 11) is 0. The molecule has 1 aromatic heterocycles. The SMILES string of the molecule is [CH]=Cc1c(C(C)C)ncc(C(C)C)c1-c1ccc(F)cc1. The summed E-state index contributed by atoms with van der Waals surface area (Å²) in [6.07, 6.45) is 3.54. The van der Waals surface area contributed by atoms with Crippen LogP contribution in [-0.2, 0) is 0 Å². The maximum absolute atomic E-state index is 13.2. The van der Waals surface area contributed by atoms with E-state index in [1.54, 1.807) is 18.2 Å². The molecule has 0 saturated heterocycles. The first-order valence-corrected chi connectivity index (χ1v) is 7.29. The lowest BCUT2D eigenvalue weighted by molar-refractivity contribution is 0.628. The summed E-state index contributed by atoms with van der Waals surface area (Å²) in [5.74, 6) is 0.360. The highest BCUT2D eigenvalue weighted by Gasteiger charge is 2.18. The molecule has 0 aliphatic carbocycles. The van der Waals surface area contributed by atoms with Crippen molar-refractivity contribution in [2.45, 2.75) is 39.5 Å². The topological polar surface area (TPSA) is 12.9 Å². The van der Waals surface area contributed by atoms with Gasteiger partial charge < -0.3 is 0 Å². The van der Waals surface area contributed by atoms with Crippen LogP contribution in [0.15, 0.2) is 30.5 Å². The summed E-state index contributed by atoms with van der Waals surface area (Å²) >= 11 is 0. The van der Waals surface area contributed by atoms with Crippen molar-refractivity contribution >= 4 is 6.08 Å². The second kappa shape index (κ2) is 6.21. The Kier molecular flexibility index (Phi) is 4.56. The quantitative estimate of drug-likeness (QED) is 0.713. The van der Waals surface area contributed by atoms with E-state index in [1.807, 2.05) is 6.20 Å². The molecule has 1 nitrogen and oxygen atoms in total. The third kappa shape index (κ3) is 3.05. The molecule has 1 radical (unpaired) electrons. The van der Waals surface area contributed by atoms with Gasteiger partial charge in [-0.3, -0.25) is 4.98 Å². The zero-order chi connectivity index (χ0) is 15.6. The summed E-state index contributed by atoms with van der Waals surface area (Å²) < 4.78 is 13.2. The molecule has 21 heavy (non-hydrogen) atoms. The van der Waals surface area contributed by atoms with Gasteiger partial charge in [0, 0.05) is 11.8 Å². The van der Waals surface area contributed by atoms with Crippen molar-refractivity contribution in [1.29, 1.82) is 0 Å². The van der Waals surface area contributed by atoms with Crippen LogP contribution in [0.2, 0.25) is 0 Å². The predicted octanol–water partition coefficient (Wildman–Crippen LogP) is 5.58. The molecule has 0 amide bonds. The Morgan fingerprint density at radius 3 is 2.14 bits per heavy atom. The van der Waals surface area contributed by atoms with Crippen LogP contribution < -0.4 is 0 Å². The first kappa shape index (κ1) is 15.4. The van der Waals surface area contributed by atoms with Crippen molar-refractivity contribution in [3.8, 4) is 11.1 Å². The van der Waals surface area contributed by atoms with Crippen LogP contribution in [0.3, 0.4) is 0 Å². The van der Waals surface area contributed by atoms with Crippen molar-refractivity contribution in [1.82, 2.24) is 4.98 Å². The lowest BCUT2D eigenvalue weighted by Gasteiger charge is -2.20. The zero-order valence-electron chi connectivity index (χ0n) is 13.0. The molecule has 2 heteroatoms. The number of aromatic nitrogens is 1. The average molecular weight is 282 g/mol. The molecule has 0 unspecified atom stereocenters. The normalized spacial score (nSPS) is 11.2. The third-order valence-electron chi connectivity index (χ3n) is 3.65. The van der Waals surface area contributed by atoms with Crippen molar-refractivity contribution < 1.29 is 4.39 Å². The molecule has 2 aromatic rings. The molecule has 109 valence electrons. The molecular weight excluding hydrogens is 261 g/mol. The standard InChI is InChI=1S/C19H21FN/c1-6-16-18(14-7-9-15(20)10-8-14)17(12(2)3)11-21-19(16)13(4)5/h1,6-13H,2-5H3. The molecule has 1 aromatic carbocycles. The Balaban J connectivity index is 2.78. The van der Waals surface area contributed by atoms with E-state index in [2.05, 4.69) is 32.7 Å². The average Bonchev–Trinajstić information content (AvgIpc) is 2.46. The molecular formula is C19H21FN. The second-order valence-electron chi connectivity index (χ2n) is 5.87. The van der Waals surface area contributed by atoms with Gasteiger partial charge in [-0.25, -0.2) is 4.39 Å². The molecule has 0 fully saturated rings. The van der Waals surface area contributed by atoms with E-state index in [0.29, 0.717) is 5.92 Å². The van der Waals surface area contributed by atoms with Crippen molar-refractivity contribution in [2.75, 3.05) is 0 Å². The van der Waals surface area contributed by atoms with Gasteiger partial charge in [0.15, 0.2) is 0 Å². The molecule has 2 rings (SSSR count). The fourth-order valence-corrected chi connectivity index (χ4v) is 2.56. The molecule has 0 N–H and O–H groups in total. The number of halogens is 1. The van der Waals surface area contributed by atoms with Crippen LogP contribution in [0.5, 0.6) is 0 Å². The zero-order valence-corrected chi connectivity index (χ0v) is 13.0. The van der Waals surface area contributed by atoms with Gasteiger partial charge in [-0.05, 0) is 40.7 Å². The first-order valence-electron chi connectivity index (χ1n) is 7.29. The summed E-state index contributed by atoms with van der Waals surface area (Å²) in [6.45, 7) is 14.3. The molecule has 0 atom stereocenters. The van der Waals surface area contributed by atoms with Gasteiger partial charge in [-0.1, -0.05) is 52.5 Å². The van der Waals surface area contributed by atoms with Crippen molar-refractivity contribution in [3.63, 3.8) is 0 Å². The smallest absolute Gasteiger partial charge is 0.123 e. The maximum atomic E-state index is 13.2. The minimum Gasteiger partial charge on any atom is -0.260 e. The fourth-order valence-electron chi connectivity index (χ4n) is 2.56. The second-order valence-corrected chi connectivity index (χ2v) is 5.87. The van der Waals surface area contributed by atoms with E-state index in [4.69, 9.17) is 6.58 Å². The molecule has 0 spiro atoms. The number of benzene rings is 1. The molecule has 0 aliphatic rings. The van der Waals surface area contributed by atoms with E-state index in [-0.39, 0.29) is 11.7 Å². The summed E-state index contributed by atoms with van der Waals surface area (Å²) in [5, 5.41) is 0. The van der Waals surface area contributed by atoms with Gasteiger partial charge in [-0.2, -0.15) is 0 Å². The highest BCUT2D eigenvalue weighted by Crippen LogP contribution is 2.36. The summed E-state index contributed by atoms with van der Waals surface area (Å²) in [5.41, 5.74) is 5.08. The van der Waals surface area contributed by atoms with Crippen molar-refractivity contribution in [3.05, 3.63) is 59.7 Å². The Morgan fingerprint density at radius 1 is 1.05 bits per heavy atom. The molecule has 0 aliphatic heterocycles. The molecule has 0 saturated carbocycles. The van der Waals surface area contributed by atoms with E-state index in [1.165, 1.54) is 12.1 Å². The fraction of sp³-hybridized carbons (Fsp3) is 0.316.